The third-order valence-electron chi connectivity index (χ3n) is 7.02. The third kappa shape index (κ3) is 4.52. The molecule has 0 fully saturated rings. The lowest BCUT2D eigenvalue weighted by molar-refractivity contribution is 1.08. The van der Waals surface area contributed by atoms with Gasteiger partial charge in [-0.2, -0.15) is 0 Å². The summed E-state index contributed by atoms with van der Waals surface area (Å²) in [6.07, 6.45) is 1.82. The maximum atomic E-state index is 4.97. The molecule has 7 rings (SSSR count). The van der Waals surface area contributed by atoms with Gasteiger partial charge in [-0.1, -0.05) is 121 Å². The molecule has 4 nitrogen and oxygen atoms in total. The van der Waals surface area contributed by atoms with Crippen LogP contribution in [0.3, 0.4) is 0 Å². The van der Waals surface area contributed by atoms with Crippen LogP contribution in [0.25, 0.3) is 67.3 Å². The van der Waals surface area contributed by atoms with Crippen molar-refractivity contribution in [3.8, 4) is 56.5 Å². The first-order valence-electron chi connectivity index (χ1n) is 13.2. The average molecular weight is 513 g/mol. The van der Waals surface area contributed by atoms with E-state index in [0.717, 1.165) is 49.8 Å². The lowest BCUT2D eigenvalue weighted by Gasteiger charge is -2.13. The summed E-state index contributed by atoms with van der Waals surface area (Å²) in [6, 6.07) is 47.4. The van der Waals surface area contributed by atoms with E-state index < -0.39 is 0 Å². The van der Waals surface area contributed by atoms with E-state index >= 15 is 0 Å². The van der Waals surface area contributed by atoms with E-state index in [4.69, 9.17) is 15.0 Å². The van der Waals surface area contributed by atoms with Gasteiger partial charge in [-0.15, -0.1) is 0 Å². The molecule has 2 heterocycles. The number of hydrogen-bond acceptors (Lipinski definition) is 4. The fraction of sp³-hybridized carbons (Fsp3) is 0. The van der Waals surface area contributed by atoms with Crippen molar-refractivity contribution in [3.05, 3.63) is 146 Å². The highest BCUT2D eigenvalue weighted by molar-refractivity contribution is 6.04. The standard InChI is InChI=1S/C36H24N4/c1-3-11-27(12-4-1)34-38-35(28-13-5-2-6-14-28)40-36(39-34)32-23-22-29(30-15-7-8-16-31(30)32)25-18-20-26(21-19-25)33-17-9-10-24-37-33/h1-24H. The number of fused-ring (bicyclic) bond motifs is 1. The molecule has 0 unspecified atom stereocenters. The summed E-state index contributed by atoms with van der Waals surface area (Å²) in [6.45, 7) is 0. The normalized spacial score (nSPS) is 11.0. The molecule has 0 saturated carbocycles. The van der Waals surface area contributed by atoms with Gasteiger partial charge < -0.3 is 0 Å². The van der Waals surface area contributed by atoms with Crippen LogP contribution in [-0.4, -0.2) is 19.9 Å². The van der Waals surface area contributed by atoms with Gasteiger partial charge in [0.15, 0.2) is 17.5 Å². The highest BCUT2D eigenvalue weighted by Gasteiger charge is 2.16. The molecule has 188 valence electrons. The summed E-state index contributed by atoms with van der Waals surface area (Å²) in [7, 11) is 0. The molecular weight excluding hydrogens is 488 g/mol. The molecule has 0 aliphatic heterocycles. The Morgan fingerprint density at radius 2 is 0.825 bits per heavy atom. The van der Waals surface area contributed by atoms with Gasteiger partial charge in [0.05, 0.1) is 5.69 Å². The van der Waals surface area contributed by atoms with Crippen LogP contribution in [0.4, 0.5) is 0 Å². The number of nitrogens with zero attached hydrogens (tertiary/aromatic N) is 4. The van der Waals surface area contributed by atoms with Crippen molar-refractivity contribution >= 4 is 10.8 Å². The fourth-order valence-electron chi connectivity index (χ4n) is 5.03. The average Bonchev–Trinajstić information content (AvgIpc) is 3.05. The second-order valence-electron chi connectivity index (χ2n) is 9.54. The van der Waals surface area contributed by atoms with Crippen LogP contribution in [0, 0.1) is 0 Å². The fourth-order valence-corrected chi connectivity index (χ4v) is 5.03. The minimum Gasteiger partial charge on any atom is -0.256 e. The van der Waals surface area contributed by atoms with Crippen molar-refractivity contribution in [3.63, 3.8) is 0 Å². The van der Waals surface area contributed by atoms with Gasteiger partial charge in [-0.05, 0) is 40.1 Å². The first kappa shape index (κ1) is 23.6. The molecule has 0 aliphatic carbocycles. The Balaban J connectivity index is 1.37. The Labute approximate surface area is 232 Å². The van der Waals surface area contributed by atoms with Crippen LogP contribution in [0.5, 0.6) is 0 Å². The predicted octanol–water partition coefficient (Wildman–Crippen LogP) is 8.75. The van der Waals surface area contributed by atoms with Gasteiger partial charge in [-0.3, -0.25) is 4.98 Å². The molecule has 0 saturated heterocycles. The molecule has 40 heavy (non-hydrogen) atoms. The molecule has 0 bridgehead atoms. The van der Waals surface area contributed by atoms with Crippen LogP contribution in [0.2, 0.25) is 0 Å². The molecular formula is C36H24N4. The Hall–Kier alpha value is -5.48. The Bertz CT molecular complexity index is 1860. The second kappa shape index (κ2) is 10.4. The predicted molar refractivity (Wildman–Crippen MR) is 162 cm³/mol. The molecule has 0 N–H and O–H groups in total. The summed E-state index contributed by atoms with van der Waals surface area (Å²) < 4.78 is 0. The lowest BCUT2D eigenvalue weighted by atomic mass is 9.94. The Morgan fingerprint density at radius 3 is 1.43 bits per heavy atom. The van der Waals surface area contributed by atoms with Crippen molar-refractivity contribution in [1.82, 2.24) is 19.9 Å². The van der Waals surface area contributed by atoms with E-state index in [0.29, 0.717) is 17.5 Å². The number of benzene rings is 5. The number of rotatable bonds is 5. The SMILES string of the molecule is c1ccc(-c2nc(-c3ccccc3)nc(-c3ccc(-c4ccc(-c5ccccn5)cc4)c4ccccc34)n2)cc1. The first-order valence-corrected chi connectivity index (χ1v) is 13.2. The molecule has 4 heteroatoms. The van der Waals surface area contributed by atoms with E-state index in [1.165, 1.54) is 0 Å². The maximum absolute atomic E-state index is 4.97. The van der Waals surface area contributed by atoms with Crippen LogP contribution in [0.1, 0.15) is 0 Å². The zero-order chi connectivity index (χ0) is 26.7. The van der Waals surface area contributed by atoms with Crippen molar-refractivity contribution in [2.24, 2.45) is 0 Å². The maximum Gasteiger partial charge on any atom is 0.164 e. The summed E-state index contributed by atoms with van der Waals surface area (Å²) in [4.78, 5) is 19.3. The van der Waals surface area contributed by atoms with Crippen LogP contribution in [-0.2, 0) is 0 Å². The highest BCUT2D eigenvalue weighted by atomic mass is 15.0. The van der Waals surface area contributed by atoms with E-state index in [1.54, 1.807) is 0 Å². The van der Waals surface area contributed by atoms with Crippen molar-refractivity contribution < 1.29 is 0 Å². The van der Waals surface area contributed by atoms with Crippen molar-refractivity contribution in [2.75, 3.05) is 0 Å². The summed E-state index contributed by atoms with van der Waals surface area (Å²) in [5, 5.41) is 2.24. The van der Waals surface area contributed by atoms with Crippen LogP contribution < -0.4 is 0 Å². The van der Waals surface area contributed by atoms with E-state index in [1.807, 2.05) is 85.1 Å². The van der Waals surface area contributed by atoms with Crippen molar-refractivity contribution in [1.29, 1.82) is 0 Å². The van der Waals surface area contributed by atoms with Gasteiger partial charge in [0.25, 0.3) is 0 Å². The molecule has 7 aromatic rings. The molecule has 5 aromatic carbocycles. The molecule has 0 amide bonds. The van der Waals surface area contributed by atoms with E-state index in [9.17, 15) is 0 Å². The van der Waals surface area contributed by atoms with Gasteiger partial charge in [-0.25, -0.2) is 15.0 Å². The number of aromatic nitrogens is 4. The van der Waals surface area contributed by atoms with Gasteiger partial charge in [0, 0.05) is 28.5 Å². The van der Waals surface area contributed by atoms with Gasteiger partial charge >= 0.3 is 0 Å². The minimum atomic E-state index is 0.654. The smallest absolute Gasteiger partial charge is 0.164 e. The summed E-state index contributed by atoms with van der Waals surface area (Å²) in [5.41, 5.74) is 7.25. The third-order valence-corrected chi connectivity index (χ3v) is 7.02. The zero-order valence-electron chi connectivity index (χ0n) is 21.6. The van der Waals surface area contributed by atoms with E-state index in [2.05, 4.69) is 65.6 Å². The number of hydrogen-bond donors (Lipinski definition) is 0. The monoisotopic (exact) mass is 512 g/mol. The molecule has 0 spiro atoms. The second-order valence-corrected chi connectivity index (χ2v) is 9.54. The molecule has 0 radical (unpaired) electrons. The summed E-state index contributed by atoms with van der Waals surface area (Å²) >= 11 is 0. The largest absolute Gasteiger partial charge is 0.256 e. The Kier molecular flexibility index (Phi) is 6.11. The quantitative estimate of drug-likeness (QED) is 0.231. The van der Waals surface area contributed by atoms with Crippen LogP contribution >= 0.6 is 0 Å². The lowest BCUT2D eigenvalue weighted by Crippen LogP contribution is -2.00. The topological polar surface area (TPSA) is 51.6 Å². The minimum absolute atomic E-state index is 0.654. The van der Waals surface area contributed by atoms with Gasteiger partial charge in [0.2, 0.25) is 0 Å². The zero-order valence-corrected chi connectivity index (χ0v) is 21.6. The van der Waals surface area contributed by atoms with Gasteiger partial charge in [0.1, 0.15) is 0 Å². The van der Waals surface area contributed by atoms with E-state index in [-0.39, 0.29) is 0 Å². The summed E-state index contributed by atoms with van der Waals surface area (Å²) in [5.74, 6) is 1.96. The number of pyridine rings is 1. The Morgan fingerprint density at radius 1 is 0.325 bits per heavy atom. The molecule has 0 aliphatic rings. The van der Waals surface area contributed by atoms with Crippen LogP contribution in [0.15, 0.2) is 146 Å². The first-order chi connectivity index (χ1) is 19.8. The van der Waals surface area contributed by atoms with Crippen molar-refractivity contribution in [2.45, 2.75) is 0 Å². The molecule has 2 aromatic heterocycles. The molecule has 0 atom stereocenters. The highest BCUT2D eigenvalue weighted by Crippen LogP contribution is 2.36.